The summed E-state index contributed by atoms with van der Waals surface area (Å²) in [6, 6.07) is 6.10. The fraction of sp³-hybridized carbons (Fsp3) is 0.417. The standard InChI is InChI=1S/C12H15NO2/c1-3-6-13-11-5-4-9(2)7-10(11)8-15-12(13)14/h4-5,7H,3,6,8H2,1-2H3. The number of hydrogen-bond acceptors (Lipinski definition) is 2. The topological polar surface area (TPSA) is 29.5 Å². The van der Waals surface area contributed by atoms with Gasteiger partial charge in [-0.05, 0) is 19.4 Å². The van der Waals surface area contributed by atoms with Gasteiger partial charge in [-0.15, -0.1) is 0 Å². The first kappa shape index (κ1) is 10.0. The summed E-state index contributed by atoms with van der Waals surface area (Å²) in [6.07, 6.45) is 0.704. The zero-order valence-electron chi connectivity index (χ0n) is 9.12. The van der Waals surface area contributed by atoms with Crippen molar-refractivity contribution in [3.05, 3.63) is 29.3 Å². The van der Waals surface area contributed by atoms with Gasteiger partial charge in [-0.1, -0.05) is 24.6 Å². The van der Waals surface area contributed by atoms with Crippen LogP contribution >= 0.6 is 0 Å². The molecule has 0 unspecified atom stereocenters. The van der Waals surface area contributed by atoms with Crippen LogP contribution in [0.5, 0.6) is 0 Å². The zero-order chi connectivity index (χ0) is 10.8. The number of ether oxygens (including phenoxy) is 1. The summed E-state index contributed by atoms with van der Waals surface area (Å²) in [4.78, 5) is 13.2. The van der Waals surface area contributed by atoms with Crippen molar-refractivity contribution < 1.29 is 9.53 Å². The average molecular weight is 205 g/mol. The van der Waals surface area contributed by atoms with Gasteiger partial charge in [-0.3, -0.25) is 4.90 Å². The number of nitrogens with zero attached hydrogens (tertiary/aromatic N) is 1. The summed E-state index contributed by atoms with van der Waals surface area (Å²) >= 11 is 0. The Kier molecular flexibility index (Phi) is 2.62. The molecule has 1 aliphatic heterocycles. The van der Waals surface area contributed by atoms with E-state index < -0.39 is 0 Å². The second-order valence-electron chi connectivity index (χ2n) is 3.84. The third-order valence-electron chi connectivity index (χ3n) is 2.54. The molecule has 2 rings (SSSR count). The van der Waals surface area contributed by atoms with Crippen LogP contribution in [-0.4, -0.2) is 12.6 Å². The molecule has 3 heteroatoms. The number of cyclic esters (lactones) is 1. The number of carbonyl (C=O) groups is 1. The number of rotatable bonds is 2. The largest absolute Gasteiger partial charge is 0.444 e. The highest BCUT2D eigenvalue weighted by Gasteiger charge is 2.24. The normalized spacial score (nSPS) is 14.8. The smallest absolute Gasteiger partial charge is 0.414 e. The van der Waals surface area contributed by atoms with E-state index in [1.165, 1.54) is 5.56 Å². The molecule has 0 radical (unpaired) electrons. The summed E-state index contributed by atoms with van der Waals surface area (Å²) in [5, 5.41) is 0. The highest BCUT2D eigenvalue weighted by atomic mass is 16.6. The van der Waals surface area contributed by atoms with E-state index in [4.69, 9.17) is 4.74 Å². The molecule has 1 heterocycles. The molecule has 0 saturated carbocycles. The summed E-state index contributed by atoms with van der Waals surface area (Å²) in [5.74, 6) is 0. The van der Waals surface area contributed by atoms with E-state index in [0.29, 0.717) is 6.61 Å². The van der Waals surface area contributed by atoms with Crippen LogP contribution in [0.15, 0.2) is 18.2 Å². The Morgan fingerprint density at radius 2 is 2.27 bits per heavy atom. The SMILES string of the molecule is CCCN1C(=O)OCc2cc(C)ccc21. The molecule has 0 fully saturated rings. The van der Waals surface area contributed by atoms with Crippen LogP contribution in [0.25, 0.3) is 0 Å². The Bertz CT molecular complexity index is 387. The maximum absolute atomic E-state index is 11.5. The minimum atomic E-state index is -0.229. The average Bonchev–Trinajstić information content (AvgIpc) is 2.22. The maximum atomic E-state index is 11.5. The molecule has 0 spiro atoms. The molecule has 1 amide bonds. The lowest BCUT2D eigenvalue weighted by Crippen LogP contribution is -2.36. The first-order chi connectivity index (χ1) is 7.22. The fourth-order valence-corrected chi connectivity index (χ4v) is 1.84. The van der Waals surface area contributed by atoms with Crippen molar-refractivity contribution in [2.75, 3.05) is 11.4 Å². The predicted molar refractivity (Wildman–Crippen MR) is 59.0 cm³/mol. The van der Waals surface area contributed by atoms with Crippen LogP contribution in [0, 0.1) is 6.92 Å². The van der Waals surface area contributed by atoms with Crippen LogP contribution in [0.1, 0.15) is 24.5 Å². The Labute approximate surface area is 89.7 Å². The fourth-order valence-electron chi connectivity index (χ4n) is 1.84. The highest BCUT2D eigenvalue weighted by molar-refractivity contribution is 5.90. The second kappa shape index (κ2) is 3.93. The number of aryl methyl sites for hydroxylation is 1. The van der Waals surface area contributed by atoms with E-state index in [1.807, 2.05) is 19.1 Å². The molecule has 0 bridgehead atoms. The van der Waals surface area contributed by atoms with Crippen molar-refractivity contribution in [2.45, 2.75) is 26.9 Å². The van der Waals surface area contributed by atoms with Crippen LogP contribution in [0.3, 0.4) is 0 Å². The lowest BCUT2D eigenvalue weighted by molar-refractivity contribution is 0.142. The maximum Gasteiger partial charge on any atom is 0.414 e. The van der Waals surface area contributed by atoms with E-state index in [2.05, 4.69) is 13.0 Å². The van der Waals surface area contributed by atoms with Crippen molar-refractivity contribution in [3.63, 3.8) is 0 Å². The second-order valence-corrected chi connectivity index (χ2v) is 3.84. The van der Waals surface area contributed by atoms with Gasteiger partial charge in [-0.2, -0.15) is 0 Å². The molecule has 0 aliphatic carbocycles. The van der Waals surface area contributed by atoms with Gasteiger partial charge in [0, 0.05) is 12.1 Å². The predicted octanol–water partition coefficient (Wildman–Crippen LogP) is 2.86. The van der Waals surface area contributed by atoms with Crippen molar-refractivity contribution in [3.8, 4) is 0 Å². The van der Waals surface area contributed by atoms with Gasteiger partial charge in [-0.25, -0.2) is 4.79 Å². The van der Waals surface area contributed by atoms with E-state index in [1.54, 1.807) is 4.90 Å². The molecule has 15 heavy (non-hydrogen) atoms. The van der Waals surface area contributed by atoms with E-state index in [-0.39, 0.29) is 6.09 Å². The third-order valence-corrected chi connectivity index (χ3v) is 2.54. The molecule has 3 nitrogen and oxygen atoms in total. The van der Waals surface area contributed by atoms with Crippen molar-refractivity contribution in [1.82, 2.24) is 0 Å². The molecule has 1 aliphatic rings. The first-order valence-electron chi connectivity index (χ1n) is 5.26. The molecule has 80 valence electrons. The van der Waals surface area contributed by atoms with Crippen LogP contribution in [-0.2, 0) is 11.3 Å². The Hall–Kier alpha value is -1.51. The Balaban J connectivity index is 2.39. The quantitative estimate of drug-likeness (QED) is 0.743. The van der Waals surface area contributed by atoms with E-state index >= 15 is 0 Å². The third kappa shape index (κ3) is 1.82. The van der Waals surface area contributed by atoms with Gasteiger partial charge in [0.2, 0.25) is 0 Å². The van der Waals surface area contributed by atoms with E-state index in [0.717, 1.165) is 24.2 Å². The van der Waals surface area contributed by atoms with Crippen molar-refractivity contribution in [2.24, 2.45) is 0 Å². The van der Waals surface area contributed by atoms with E-state index in [9.17, 15) is 4.79 Å². The highest BCUT2D eigenvalue weighted by Crippen LogP contribution is 2.27. The number of amides is 1. The Morgan fingerprint density at radius 3 is 3.00 bits per heavy atom. The molecule has 0 aromatic heterocycles. The van der Waals surface area contributed by atoms with Crippen molar-refractivity contribution in [1.29, 1.82) is 0 Å². The zero-order valence-corrected chi connectivity index (χ0v) is 9.12. The van der Waals surface area contributed by atoms with Gasteiger partial charge in [0.25, 0.3) is 0 Å². The minimum Gasteiger partial charge on any atom is -0.444 e. The van der Waals surface area contributed by atoms with Gasteiger partial charge >= 0.3 is 6.09 Å². The summed E-state index contributed by atoms with van der Waals surface area (Å²) in [7, 11) is 0. The molecular formula is C12H15NO2. The summed E-state index contributed by atoms with van der Waals surface area (Å²) in [6.45, 7) is 5.21. The summed E-state index contributed by atoms with van der Waals surface area (Å²) < 4.78 is 5.11. The monoisotopic (exact) mass is 205 g/mol. The van der Waals surface area contributed by atoms with Crippen LogP contribution < -0.4 is 4.90 Å². The lowest BCUT2D eigenvalue weighted by Gasteiger charge is -2.28. The molecule has 1 aromatic rings. The van der Waals surface area contributed by atoms with Crippen LogP contribution in [0.4, 0.5) is 10.5 Å². The number of anilines is 1. The molecule has 1 aromatic carbocycles. The number of carbonyl (C=O) groups excluding carboxylic acids is 1. The van der Waals surface area contributed by atoms with Gasteiger partial charge in [0.1, 0.15) is 6.61 Å². The number of benzene rings is 1. The molecule has 0 saturated heterocycles. The van der Waals surface area contributed by atoms with Crippen molar-refractivity contribution >= 4 is 11.8 Å². The molecule has 0 atom stereocenters. The number of fused-ring (bicyclic) bond motifs is 1. The molecule has 0 N–H and O–H groups in total. The van der Waals surface area contributed by atoms with Gasteiger partial charge in [0.15, 0.2) is 0 Å². The van der Waals surface area contributed by atoms with Gasteiger partial charge in [0.05, 0.1) is 5.69 Å². The van der Waals surface area contributed by atoms with Crippen LogP contribution in [0.2, 0.25) is 0 Å². The number of hydrogen-bond donors (Lipinski definition) is 0. The van der Waals surface area contributed by atoms with Gasteiger partial charge < -0.3 is 4.74 Å². The first-order valence-corrected chi connectivity index (χ1v) is 5.26. The minimum absolute atomic E-state index is 0.229. The molecular weight excluding hydrogens is 190 g/mol. The lowest BCUT2D eigenvalue weighted by atomic mass is 10.1. The Morgan fingerprint density at radius 1 is 1.47 bits per heavy atom. The summed E-state index contributed by atoms with van der Waals surface area (Å²) in [5.41, 5.74) is 3.30.